The smallest absolute Gasteiger partial charge is 0.333 e. The summed E-state index contributed by atoms with van der Waals surface area (Å²) in [6.45, 7) is 18.5. The fourth-order valence-electron chi connectivity index (χ4n) is 2.25. The molecule has 0 aromatic carbocycles. The molecule has 0 atom stereocenters. The van der Waals surface area contributed by atoms with E-state index in [-0.39, 0.29) is 17.5 Å². The molecule has 0 amide bonds. The first-order valence-corrected chi connectivity index (χ1v) is 12.1. The van der Waals surface area contributed by atoms with E-state index in [0.717, 1.165) is 19.3 Å². The molecule has 1 N–H and O–H groups in total. The number of aliphatic carboxylic acids is 1. The number of hydrogen-bond acceptors (Lipinski definition) is 5. The highest BCUT2D eigenvalue weighted by molar-refractivity contribution is 5.86. The van der Waals surface area contributed by atoms with Gasteiger partial charge in [-0.15, -0.1) is 0 Å². The van der Waals surface area contributed by atoms with Crippen molar-refractivity contribution in [1.29, 1.82) is 0 Å². The van der Waals surface area contributed by atoms with Crippen molar-refractivity contribution in [1.82, 2.24) is 0 Å². The lowest BCUT2D eigenvalue weighted by Gasteiger charge is -2.04. The van der Waals surface area contributed by atoms with E-state index in [4.69, 9.17) is 9.84 Å². The Bertz CT molecular complexity index is 539. The highest BCUT2D eigenvalue weighted by atomic mass is 16.5. The number of carboxylic acid groups (broad SMARTS) is 1. The van der Waals surface area contributed by atoms with Crippen LogP contribution in [0.15, 0.2) is 37.0 Å². The van der Waals surface area contributed by atoms with Crippen molar-refractivity contribution in [2.75, 3.05) is 13.2 Å². The van der Waals surface area contributed by atoms with Gasteiger partial charge in [0.05, 0.1) is 13.2 Å². The molecule has 6 nitrogen and oxygen atoms in total. The summed E-state index contributed by atoms with van der Waals surface area (Å²) in [7, 11) is 0. The number of carboxylic acids is 1. The van der Waals surface area contributed by atoms with Crippen LogP contribution in [0.25, 0.3) is 0 Å². The highest BCUT2D eigenvalue weighted by Crippen LogP contribution is 2.10. The van der Waals surface area contributed by atoms with Crippen molar-refractivity contribution in [2.24, 2.45) is 0 Å². The van der Waals surface area contributed by atoms with Gasteiger partial charge in [-0.3, -0.25) is 0 Å². The first-order chi connectivity index (χ1) is 15.6. The zero-order chi connectivity index (χ0) is 25.9. The summed E-state index contributed by atoms with van der Waals surface area (Å²) >= 11 is 0. The van der Waals surface area contributed by atoms with Crippen LogP contribution < -0.4 is 0 Å². The van der Waals surface area contributed by atoms with Gasteiger partial charge in [-0.05, 0) is 26.7 Å². The molecule has 0 fully saturated rings. The SMILES string of the molecule is C=C(C)C(=O)O.C=C(C)C(=O)OCCCCCCCCCCCC.C=CC(=O)OCCCC. The lowest BCUT2D eigenvalue weighted by atomic mass is 10.1. The van der Waals surface area contributed by atoms with Gasteiger partial charge in [0.15, 0.2) is 0 Å². The van der Waals surface area contributed by atoms with Gasteiger partial charge in [0.25, 0.3) is 0 Å². The molecule has 0 aromatic rings. The number of carbonyl (C=O) groups excluding carboxylic acids is 2. The minimum atomic E-state index is -0.935. The summed E-state index contributed by atoms with van der Waals surface area (Å²) in [5, 5.41) is 7.89. The zero-order valence-electron chi connectivity index (χ0n) is 21.6. The number of carbonyl (C=O) groups is 3. The van der Waals surface area contributed by atoms with E-state index in [1.54, 1.807) is 6.92 Å². The van der Waals surface area contributed by atoms with E-state index in [9.17, 15) is 14.4 Å². The van der Waals surface area contributed by atoms with E-state index in [1.165, 1.54) is 70.8 Å². The predicted molar refractivity (Wildman–Crippen MR) is 136 cm³/mol. The number of ether oxygens (including phenoxy) is 2. The normalized spacial score (nSPS) is 9.33. The summed E-state index contributed by atoms with van der Waals surface area (Å²) < 4.78 is 9.71. The van der Waals surface area contributed by atoms with E-state index >= 15 is 0 Å². The van der Waals surface area contributed by atoms with Crippen molar-refractivity contribution < 1.29 is 29.0 Å². The Kier molecular flexibility index (Phi) is 29.5. The summed E-state index contributed by atoms with van der Waals surface area (Å²) in [6.07, 6.45) is 16.1. The van der Waals surface area contributed by atoms with Gasteiger partial charge in [-0.25, -0.2) is 14.4 Å². The van der Waals surface area contributed by atoms with Crippen LogP contribution in [0.5, 0.6) is 0 Å². The number of hydrogen-bond donors (Lipinski definition) is 1. The molecule has 0 heterocycles. The van der Waals surface area contributed by atoms with Crippen molar-refractivity contribution in [3.63, 3.8) is 0 Å². The van der Waals surface area contributed by atoms with Crippen molar-refractivity contribution in [3.05, 3.63) is 37.0 Å². The molecule has 0 aromatic heterocycles. The Balaban J connectivity index is -0.000000496. The predicted octanol–water partition coefficient (Wildman–Crippen LogP) is 7.19. The van der Waals surface area contributed by atoms with Crippen LogP contribution in [0.4, 0.5) is 0 Å². The molecule has 0 spiro atoms. The van der Waals surface area contributed by atoms with E-state index in [0.29, 0.717) is 18.8 Å². The third-order valence-corrected chi connectivity index (χ3v) is 4.35. The molecule has 0 rings (SSSR count). The molecule has 0 aliphatic carbocycles. The van der Waals surface area contributed by atoms with Crippen LogP contribution in [0.1, 0.15) is 105 Å². The van der Waals surface area contributed by atoms with Crippen molar-refractivity contribution in [3.8, 4) is 0 Å². The Morgan fingerprint density at radius 2 is 1.09 bits per heavy atom. The Morgan fingerprint density at radius 1 is 0.697 bits per heavy atom. The van der Waals surface area contributed by atoms with Crippen molar-refractivity contribution in [2.45, 2.75) is 105 Å². The number of rotatable bonds is 17. The second-order valence-corrected chi connectivity index (χ2v) is 7.91. The van der Waals surface area contributed by atoms with Gasteiger partial charge in [-0.1, -0.05) is 97.8 Å². The van der Waals surface area contributed by atoms with Gasteiger partial charge in [0.2, 0.25) is 0 Å². The molecular weight excluding hydrogens is 420 g/mol. The maximum absolute atomic E-state index is 11.1. The van der Waals surface area contributed by atoms with Crippen LogP contribution in [0.2, 0.25) is 0 Å². The molecule has 192 valence electrons. The molecule has 0 aliphatic heterocycles. The molecule has 0 bridgehead atoms. The van der Waals surface area contributed by atoms with Crippen LogP contribution in [-0.2, 0) is 23.9 Å². The van der Waals surface area contributed by atoms with Crippen LogP contribution in [0, 0.1) is 0 Å². The molecule has 0 saturated heterocycles. The van der Waals surface area contributed by atoms with Crippen LogP contribution >= 0.6 is 0 Å². The van der Waals surface area contributed by atoms with Gasteiger partial charge >= 0.3 is 17.9 Å². The molecule has 0 aliphatic rings. The first-order valence-electron chi connectivity index (χ1n) is 12.1. The Hall–Kier alpha value is -2.37. The highest BCUT2D eigenvalue weighted by Gasteiger charge is 2.01. The minimum absolute atomic E-state index is 0.176. The van der Waals surface area contributed by atoms with Gasteiger partial charge in [-0.2, -0.15) is 0 Å². The summed E-state index contributed by atoms with van der Waals surface area (Å²) in [5.41, 5.74) is 0.664. The largest absolute Gasteiger partial charge is 0.478 e. The van der Waals surface area contributed by atoms with Crippen LogP contribution in [0.3, 0.4) is 0 Å². The summed E-state index contributed by atoms with van der Waals surface area (Å²) in [6, 6.07) is 0. The fraction of sp³-hybridized carbons (Fsp3) is 0.667. The monoisotopic (exact) mass is 468 g/mol. The molecule has 0 radical (unpaired) electrons. The third kappa shape index (κ3) is 34.4. The van der Waals surface area contributed by atoms with Gasteiger partial charge < -0.3 is 14.6 Å². The average molecular weight is 469 g/mol. The maximum Gasteiger partial charge on any atom is 0.333 e. The summed E-state index contributed by atoms with van der Waals surface area (Å²) in [4.78, 5) is 31.0. The number of esters is 2. The lowest BCUT2D eigenvalue weighted by Crippen LogP contribution is -2.05. The third-order valence-electron chi connectivity index (χ3n) is 4.35. The van der Waals surface area contributed by atoms with E-state index in [1.807, 2.05) is 6.92 Å². The maximum atomic E-state index is 11.1. The van der Waals surface area contributed by atoms with E-state index < -0.39 is 5.97 Å². The average Bonchev–Trinajstić information content (AvgIpc) is 2.78. The van der Waals surface area contributed by atoms with Gasteiger partial charge in [0.1, 0.15) is 0 Å². The van der Waals surface area contributed by atoms with Gasteiger partial charge in [0, 0.05) is 17.2 Å². The van der Waals surface area contributed by atoms with E-state index in [2.05, 4.69) is 31.4 Å². The number of unbranched alkanes of at least 4 members (excludes halogenated alkanes) is 10. The molecule has 6 heteroatoms. The fourth-order valence-corrected chi connectivity index (χ4v) is 2.25. The molecular formula is C27H48O6. The topological polar surface area (TPSA) is 89.9 Å². The summed E-state index contributed by atoms with van der Waals surface area (Å²) in [5.74, 6) is -1.52. The lowest BCUT2D eigenvalue weighted by molar-refractivity contribution is -0.139. The standard InChI is InChI=1S/C16H30O2.C7H12O2.C4H6O2/c1-4-5-6-7-8-9-10-11-12-13-14-18-16(17)15(2)3;1-3-5-6-9-7(8)4-2;1-3(2)4(5)6/h2,4-14H2,1,3H3;4H,2-3,5-6H2,1H3;1H2,2H3,(H,5,6). The van der Waals surface area contributed by atoms with Crippen molar-refractivity contribution >= 4 is 17.9 Å². The minimum Gasteiger partial charge on any atom is -0.478 e. The van der Waals surface area contributed by atoms with Crippen LogP contribution in [-0.4, -0.2) is 36.2 Å². The second-order valence-electron chi connectivity index (χ2n) is 7.91. The molecule has 0 unspecified atom stereocenters. The quantitative estimate of drug-likeness (QED) is 0.138. The first kappa shape index (κ1) is 35.2. The Labute approximate surface area is 202 Å². The molecule has 33 heavy (non-hydrogen) atoms. The molecule has 0 saturated carbocycles. The second kappa shape index (κ2) is 27.7. The Morgan fingerprint density at radius 3 is 1.45 bits per heavy atom. The zero-order valence-corrected chi connectivity index (χ0v) is 21.6.